The summed E-state index contributed by atoms with van der Waals surface area (Å²) in [6.45, 7) is 2.43. The van der Waals surface area contributed by atoms with Gasteiger partial charge in [-0.25, -0.2) is 9.78 Å². The van der Waals surface area contributed by atoms with Crippen molar-refractivity contribution < 1.29 is 28.8 Å². The van der Waals surface area contributed by atoms with Gasteiger partial charge in [-0.05, 0) is 37.2 Å². The lowest BCUT2D eigenvalue weighted by atomic mass is 10.1. The van der Waals surface area contributed by atoms with Gasteiger partial charge in [-0.2, -0.15) is 0 Å². The standard InChI is InChI=1S/C24H26N4O6/c1-31-22-5-3-18-23(27-22)17(6-9-26-18)19(29)7-8-25-13-16-14-28(24(30)34-16)15-2-4-20-21(12-15)33-11-10-32-20/h2-6,9,12,16,19,25,29H,7-8,10-11,13-14H2,1H3/t16?,19-/m1/s1. The number of ether oxygens (including phenoxy) is 4. The molecule has 0 radical (unpaired) electrons. The minimum absolute atomic E-state index is 0.300. The molecular formula is C24H26N4O6. The van der Waals surface area contributed by atoms with Crippen molar-refractivity contribution in [2.75, 3.05) is 44.9 Å². The molecule has 2 aliphatic rings. The topological polar surface area (TPSA) is 115 Å². The maximum absolute atomic E-state index is 12.4. The van der Waals surface area contributed by atoms with Gasteiger partial charge >= 0.3 is 6.09 Å². The molecule has 0 bridgehead atoms. The van der Waals surface area contributed by atoms with Crippen molar-refractivity contribution in [2.45, 2.75) is 18.6 Å². The van der Waals surface area contributed by atoms with Crippen LogP contribution in [0.1, 0.15) is 18.1 Å². The van der Waals surface area contributed by atoms with Crippen molar-refractivity contribution in [2.24, 2.45) is 0 Å². The van der Waals surface area contributed by atoms with Crippen molar-refractivity contribution in [1.29, 1.82) is 0 Å². The zero-order chi connectivity index (χ0) is 23.5. The molecule has 0 aliphatic carbocycles. The first-order valence-corrected chi connectivity index (χ1v) is 11.2. The summed E-state index contributed by atoms with van der Waals surface area (Å²) in [5, 5.41) is 14.0. The molecule has 3 aromatic rings. The van der Waals surface area contributed by atoms with Crippen LogP contribution in [0.3, 0.4) is 0 Å². The van der Waals surface area contributed by atoms with Gasteiger partial charge in [0.15, 0.2) is 11.5 Å². The number of pyridine rings is 2. The molecule has 0 saturated carbocycles. The lowest BCUT2D eigenvalue weighted by Crippen LogP contribution is -2.32. The van der Waals surface area contributed by atoms with Crippen LogP contribution in [0.4, 0.5) is 10.5 Å². The molecule has 1 unspecified atom stereocenters. The quantitative estimate of drug-likeness (QED) is 0.483. The second-order valence-electron chi connectivity index (χ2n) is 8.07. The average Bonchev–Trinajstić information content (AvgIpc) is 3.25. The number of hydrogen-bond acceptors (Lipinski definition) is 9. The van der Waals surface area contributed by atoms with E-state index in [9.17, 15) is 9.90 Å². The zero-order valence-corrected chi connectivity index (χ0v) is 18.8. The summed E-state index contributed by atoms with van der Waals surface area (Å²) in [6, 6.07) is 10.7. The van der Waals surface area contributed by atoms with Gasteiger partial charge in [0.25, 0.3) is 0 Å². The van der Waals surface area contributed by atoms with E-state index in [2.05, 4.69) is 15.3 Å². The number of aliphatic hydroxyl groups is 1. The smallest absolute Gasteiger partial charge is 0.414 e. The SMILES string of the molecule is COc1ccc2nccc([C@H](O)CCNCC3CN(c4ccc5c(c4)OCCO5)C(=O)O3)c2n1. The van der Waals surface area contributed by atoms with Gasteiger partial charge in [-0.15, -0.1) is 0 Å². The number of carbonyl (C=O) groups is 1. The maximum Gasteiger partial charge on any atom is 0.414 e. The number of aliphatic hydroxyl groups excluding tert-OH is 1. The number of nitrogens with one attached hydrogen (secondary N) is 1. The van der Waals surface area contributed by atoms with E-state index in [4.69, 9.17) is 18.9 Å². The monoisotopic (exact) mass is 466 g/mol. The molecule has 1 aromatic carbocycles. The molecule has 0 spiro atoms. The van der Waals surface area contributed by atoms with Crippen LogP contribution in [0.2, 0.25) is 0 Å². The first-order chi connectivity index (χ1) is 16.6. The molecule has 2 aliphatic heterocycles. The number of nitrogens with zero attached hydrogens (tertiary/aromatic N) is 3. The predicted molar refractivity (Wildman–Crippen MR) is 124 cm³/mol. The largest absolute Gasteiger partial charge is 0.486 e. The molecule has 34 heavy (non-hydrogen) atoms. The van der Waals surface area contributed by atoms with Gasteiger partial charge in [0.05, 0.1) is 36.5 Å². The van der Waals surface area contributed by atoms with Crippen LogP contribution in [0.25, 0.3) is 11.0 Å². The Labute approximate surface area is 196 Å². The van der Waals surface area contributed by atoms with Crippen molar-refractivity contribution in [3.05, 3.63) is 48.2 Å². The fourth-order valence-electron chi connectivity index (χ4n) is 4.11. The van der Waals surface area contributed by atoms with E-state index in [1.165, 1.54) is 0 Å². The number of benzene rings is 1. The highest BCUT2D eigenvalue weighted by Gasteiger charge is 2.32. The van der Waals surface area contributed by atoms with Gasteiger partial charge in [-0.3, -0.25) is 9.88 Å². The number of methoxy groups -OCH3 is 1. The Hall–Kier alpha value is -3.63. The first kappa shape index (κ1) is 22.2. The summed E-state index contributed by atoms with van der Waals surface area (Å²) in [5.74, 6) is 1.77. The molecule has 2 atom stereocenters. The predicted octanol–water partition coefficient (Wildman–Crippen LogP) is 2.45. The molecule has 178 valence electrons. The molecule has 5 rings (SSSR count). The molecular weight excluding hydrogens is 440 g/mol. The summed E-state index contributed by atoms with van der Waals surface area (Å²) in [4.78, 5) is 22.7. The lowest BCUT2D eigenvalue weighted by Gasteiger charge is -2.21. The third kappa shape index (κ3) is 4.55. The second kappa shape index (κ2) is 9.70. The molecule has 1 saturated heterocycles. The first-order valence-electron chi connectivity index (χ1n) is 11.2. The Kier molecular flexibility index (Phi) is 6.33. The Morgan fingerprint density at radius 1 is 1.21 bits per heavy atom. The summed E-state index contributed by atoms with van der Waals surface area (Å²) in [7, 11) is 1.55. The number of anilines is 1. The Morgan fingerprint density at radius 3 is 2.91 bits per heavy atom. The van der Waals surface area contributed by atoms with Crippen molar-refractivity contribution in [3.63, 3.8) is 0 Å². The van der Waals surface area contributed by atoms with E-state index in [-0.39, 0.29) is 6.10 Å². The van der Waals surface area contributed by atoms with E-state index in [1.54, 1.807) is 42.5 Å². The normalized spacial score (nSPS) is 18.1. The van der Waals surface area contributed by atoms with E-state index < -0.39 is 12.2 Å². The van der Waals surface area contributed by atoms with E-state index >= 15 is 0 Å². The minimum Gasteiger partial charge on any atom is -0.486 e. The number of cyclic esters (lactones) is 1. The zero-order valence-electron chi connectivity index (χ0n) is 18.8. The Bertz CT molecular complexity index is 1190. The second-order valence-corrected chi connectivity index (χ2v) is 8.07. The minimum atomic E-state index is -0.724. The number of fused-ring (bicyclic) bond motifs is 2. The van der Waals surface area contributed by atoms with Gasteiger partial charge in [-0.1, -0.05) is 0 Å². The summed E-state index contributed by atoms with van der Waals surface area (Å²) in [6.07, 6.45) is 0.701. The number of amides is 1. The van der Waals surface area contributed by atoms with Crippen LogP contribution in [0, 0.1) is 0 Å². The number of carbonyl (C=O) groups excluding carboxylic acids is 1. The molecule has 2 N–H and O–H groups in total. The van der Waals surface area contributed by atoms with Crippen LogP contribution < -0.4 is 24.4 Å². The van der Waals surface area contributed by atoms with Crippen LogP contribution in [-0.2, 0) is 4.74 Å². The highest BCUT2D eigenvalue weighted by molar-refractivity contribution is 5.90. The van der Waals surface area contributed by atoms with Gasteiger partial charge < -0.3 is 29.4 Å². The van der Waals surface area contributed by atoms with Crippen LogP contribution in [-0.4, -0.2) is 67.2 Å². The molecule has 10 heteroatoms. The molecule has 1 fully saturated rings. The van der Waals surface area contributed by atoms with Crippen LogP contribution in [0.15, 0.2) is 42.6 Å². The molecule has 1 amide bonds. The fourth-order valence-corrected chi connectivity index (χ4v) is 4.11. The fraction of sp³-hybridized carbons (Fsp3) is 0.375. The highest BCUT2D eigenvalue weighted by Crippen LogP contribution is 2.35. The summed E-state index contributed by atoms with van der Waals surface area (Å²) >= 11 is 0. The van der Waals surface area contributed by atoms with Crippen molar-refractivity contribution in [3.8, 4) is 17.4 Å². The number of rotatable bonds is 8. The van der Waals surface area contributed by atoms with E-state index in [0.717, 1.165) is 0 Å². The molecule has 10 nitrogen and oxygen atoms in total. The lowest BCUT2D eigenvalue weighted by molar-refractivity contribution is 0.136. The molecule has 2 aromatic heterocycles. The number of hydrogen-bond donors (Lipinski definition) is 2. The summed E-state index contributed by atoms with van der Waals surface area (Å²) in [5.41, 5.74) is 2.72. The average molecular weight is 466 g/mol. The summed E-state index contributed by atoms with van der Waals surface area (Å²) < 4.78 is 21.8. The van der Waals surface area contributed by atoms with Crippen molar-refractivity contribution in [1.82, 2.24) is 15.3 Å². The highest BCUT2D eigenvalue weighted by atomic mass is 16.6. The van der Waals surface area contributed by atoms with Crippen molar-refractivity contribution >= 4 is 22.8 Å². The van der Waals surface area contributed by atoms with E-state index in [1.807, 2.05) is 12.1 Å². The third-order valence-corrected chi connectivity index (χ3v) is 5.84. The van der Waals surface area contributed by atoms with Crippen LogP contribution >= 0.6 is 0 Å². The third-order valence-electron chi connectivity index (χ3n) is 5.84. The van der Waals surface area contributed by atoms with Gasteiger partial charge in [0.1, 0.15) is 19.3 Å². The van der Waals surface area contributed by atoms with Gasteiger partial charge in [0, 0.05) is 30.4 Å². The van der Waals surface area contributed by atoms with Gasteiger partial charge in [0.2, 0.25) is 5.88 Å². The number of aromatic nitrogens is 2. The maximum atomic E-state index is 12.4. The van der Waals surface area contributed by atoms with Crippen LogP contribution in [0.5, 0.6) is 17.4 Å². The van der Waals surface area contributed by atoms with E-state index in [0.29, 0.717) is 78.9 Å². The Morgan fingerprint density at radius 2 is 2.06 bits per heavy atom. The Balaban J connectivity index is 1.14. The molecule has 4 heterocycles.